The molecule has 1 aromatic carbocycles. The molecule has 0 radical (unpaired) electrons. The van der Waals surface area contributed by atoms with E-state index in [1.807, 2.05) is 10.7 Å². The molecule has 1 aliphatic rings. The maximum atomic E-state index is 9.19. The minimum Gasteiger partial charge on any atom is -0.390 e. The van der Waals surface area contributed by atoms with Gasteiger partial charge in [-0.25, -0.2) is 0 Å². The van der Waals surface area contributed by atoms with Gasteiger partial charge in [0.1, 0.15) is 0 Å². The van der Waals surface area contributed by atoms with E-state index >= 15 is 0 Å². The Morgan fingerprint density at radius 3 is 3.05 bits per heavy atom. The lowest BCUT2D eigenvalue weighted by molar-refractivity contribution is 0.215. The third kappa shape index (κ3) is 2.42. The van der Waals surface area contributed by atoms with E-state index in [1.54, 1.807) is 0 Å². The summed E-state index contributed by atoms with van der Waals surface area (Å²) in [6.45, 7) is 3.90. The third-order valence-corrected chi connectivity index (χ3v) is 4.46. The normalized spacial score (nSPS) is 15.3. The van der Waals surface area contributed by atoms with Crippen molar-refractivity contribution in [3.8, 4) is 0 Å². The second-order valence-electron chi connectivity index (χ2n) is 5.89. The van der Waals surface area contributed by atoms with Crippen LogP contribution in [0.25, 0.3) is 10.9 Å². The molecule has 2 aromatic heterocycles. The van der Waals surface area contributed by atoms with Gasteiger partial charge in [0.2, 0.25) is 0 Å². The molecule has 0 fully saturated rings. The fourth-order valence-corrected chi connectivity index (χ4v) is 3.27. The molecule has 0 aliphatic carbocycles. The van der Waals surface area contributed by atoms with Gasteiger partial charge in [-0.1, -0.05) is 18.2 Å². The van der Waals surface area contributed by atoms with Gasteiger partial charge in [-0.2, -0.15) is 5.10 Å². The van der Waals surface area contributed by atoms with E-state index in [9.17, 15) is 5.11 Å². The second kappa shape index (κ2) is 5.59. The number of para-hydroxylation sites is 1. The van der Waals surface area contributed by atoms with Crippen LogP contribution in [0.15, 0.2) is 36.5 Å². The first-order valence-electron chi connectivity index (χ1n) is 7.77. The number of aliphatic hydroxyl groups is 1. The van der Waals surface area contributed by atoms with Crippen LogP contribution in [0.4, 0.5) is 0 Å². The number of nitrogens with one attached hydrogen (secondary N) is 1. The first-order valence-corrected chi connectivity index (χ1v) is 7.77. The number of H-pyrrole nitrogens is 1. The van der Waals surface area contributed by atoms with Crippen molar-refractivity contribution < 1.29 is 5.11 Å². The smallest absolute Gasteiger partial charge is 0.0882 e. The zero-order valence-electron chi connectivity index (χ0n) is 12.5. The molecule has 5 nitrogen and oxygen atoms in total. The molecule has 0 spiro atoms. The average molecular weight is 296 g/mol. The van der Waals surface area contributed by atoms with Crippen LogP contribution in [-0.2, 0) is 26.1 Å². The Morgan fingerprint density at radius 1 is 1.23 bits per heavy atom. The van der Waals surface area contributed by atoms with E-state index in [0.29, 0.717) is 0 Å². The molecule has 0 saturated carbocycles. The number of aliphatic hydroxyl groups excluding tert-OH is 1. The summed E-state index contributed by atoms with van der Waals surface area (Å²) in [4.78, 5) is 5.80. The van der Waals surface area contributed by atoms with Crippen LogP contribution in [-0.4, -0.2) is 37.9 Å². The molecule has 0 atom stereocenters. The standard InChI is InChI=1S/C17H20N4O/c22-12-14-9-15-11-20(7-8-21(15)19-14)6-5-13-10-18-17-4-2-1-3-16(13)17/h1-4,9-10,18,22H,5-8,11-12H2. The first kappa shape index (κ1) is 13.5. The van der Waals surface area contributed by atoms with Crippen molar-refractivity contribution in [2.45, 2.75) is 26.1 Å². The molecule has 1 aliphatic heterocycles. The lowest BCUT2D eigenvalue weighted by Gasteiger charge is -2.27. The van der Waals surface area contributed by atoms with Gasteiger partial charge >= 0.3 is 0 Å². The van der Waals surface area contributed by atoms with Crippen LogP contribution in [0.3, 0.4) is 0 Å². The highest BCUT2D eigenvalue weighted by molar-refractivity contribution is 5.83. The van der Waals surface area contributed by atoms with Crippen LogP contribution >= 0.6 is 0 Å². The number of hydrogen-bond acceptors (Lipinski definition) is 3. The number of aromatic amines is 1. The summed E-state index contributed by atoms with van der Waals surface area (Å²) in [5.74, 6) is 0. The Bertz CT molecular complexity index is 789. The molecule has 22 heavy (non-hydrogen) atoms. The van der Waals surface area contributed by atoms with Gasteiger partial charge in [0, 0.05) is 36.7 Å². The largest absolute Gasteiger partial charge is 0.390 e. The molecule has 0 bridgehead atoms. The maximum absolute atomic E-state index is 9.19. The van der Waals surface area contributed by atoms with Crippen molar-refractivity contribution in [3.63, 3.8) is 0 Å². The summed E-state index contributed by atoms with van der Waals surface area (Å²) in [7, 11) is 0. The summed E-state index contributed by atoms with van der Waals surface area (Å²) in [6.07, 6.45) is 3.17. The number of benzene rings is 1. The quantitative estimate of drug-likeness (QED) is 0.773. The molecule has 5 heteroatoms. The van der Waals surface area contributed by atoms with Crippen molar-refractivity contribution in [2.24, 2.45) is 0 Å². The number of aromatic nitrogens is 3. The molecule has 114 valence electrons. The van der Waals surface area contributed by atoms with Crippen LogP contribution in [0.2, 0.25) is 0 Å². The Hall–Kier alpha value is -2.11. The molecular formula is C17H20N4O. The van der Waals surface area contributed by atoms with Gasteiger partial charge in [-0.15, -0.1) is 0 Å². The monoisotopic (exact) mass is 296 g/mol. The number of hydrogen-bond donors (Lipinski definition) is 2. The fraction of sp³-hybridized carbons (Fsp3) is 0.353. The number of fused-ring (bicyclic) bond motifs is 2. The van der Waals surface area contributed by atoms with Gasteiger partial charge in [-0.05, 0) is 24.1 Å². The van der Waals surface area contributed by atoms with Crippen LogP contribution < -0.4 is 0 Å². The van der Waals surface area contributed by atoms with E-state index in [2.05, 4.69) is 45.4 Å². The van der Waals surface area contributed by atoms with E-state index in [-0.39, 0.29) is 6.61 Å². The highest BCUT2D eigenvalue weighted by atomic mass is 16.3. The van der Waals surface area contributed by atoms with Gasteiger partial charge < -0.3 is 10.1 Å². The average Bonchev–Trinajstić information content (AvgIpc) is 3.16. The van der Waals surface area contributed by atoms with E-state index in [1.165, 1.54) is 22.2 Å². The molecule has 0 unspecified atom stereocenters. The van der Waals surface area contributed by atoms with Crippen LogP contribution in [0, 0.1) is 0 Å². The first-order chi connectivity index (χ1) is 10.8. The van der Waals surface area contributed by atoms with Crippen molar-refractivity contribution >= 4 is 10.9 Å². The van der Waals surface area contributed by atoms with E-state index in [4.69, 9.17) is 0 Å². The summed E-state index contributed by atoms with van der Waals surface area (Å²) in [6, 6.07) is 10.5. The van der Waals surface area contributed by atoms with Crippen molar-refractivity contribution in [2.75, 3.05) is 13.1 Å². The van der Waals surface area contributed by atoms with Gasteiger partial charge in [0.05, 0.1) is 24.5 Å². The fourth-order valence-electron chi connectivity index (χ4n) is 3.27. The highest BCUT2D eigenvalue weighted by Gasteiger charge is 2.18. The SMILES string of the molecule is OCc1cc2n(n1)CCN(CCc1c[nH]c3ccccc13)C2. The number of nitrogens with zero attached hydrogens (tertiary/aromatic N) is 3. The predicted octanol–water partition coefficient (Wildman–Crippen LogP) is 1.91. The topological polar surface area (TPSA) is 57.1 Å². The lowest BCUT2D eigenvalue weighted by Crippen LogP contribution is -2.35. The second-order valence-corrected chi connectivity index (χ2v) is 5.89. The van der Waals surface area contributed by atoms with Gasteiger partial charge in [-0.3, -0.25) is 9.58 Å². The highest BCUT2D eigenvalue weighted by Crippen LogP contribution is 2.19. The van der Waals surface area contributed by atoms with Gasteiger partial charge in [0.15, 0.2) is 0 Å². The summed E-state index contributed by atoms with van der Waals surface area (Å²) >= 11 is 0. The molecular weight excluding hydrogens is 276 g/mol. The lowest BCUT2D eigenvalue weighted by atomic mass is 10.1. The Balaban J connectivity index is 1.44. The number of rotatable bonds is 4. The zero-order valence-corrected chi connectivity index (χ0v) is 12.5. The zero-order chi connectivity index (χ0) is 14.9. The molecule has 0 saturated heterocycles. The predicted molar refractivity (Wildman–Crippen MR) is 85.4 cm³/mol. The molecule has 3 heterocycles. The third-order valence-electron chi connectivity index (χ3n) is 4.46. The van der Waals surface area contributed by atoms with Crippen LogP contribution in [0.5, 0.6) is 0 Å². The molecule has 4 rings (SSSR count). The molecule has 3 aromatic rings. The Kier molecular flexibility index (Phi) is 3.44. The Labute approximate surface area is 129 Å². The van der Waals surface area contributed by atoms with E-state index < -0.39 is 0 Å². The minimum atomic E-state index is 0.0232. The van der Waals surface area contributed by atoms with E-state index in [0.717, 1.165) is 38.3 Å². The molecule has 0 amide bonds. The van der Waals surface area contributed by atoms with Crippen molar-refractivity contribution in [3.05, 3.63) is 53.5 Å². The Morgan fingerprint density at radius 2 is 2.14 bits per heavy atom. The maximum Gasteiger partial charge on any atom is 0.0882 e. The minimum absolute atomic E-state index is 0.0232. The van der Waals surface area contributed by atoms with Crippen molar-refractivity contribution in [1.82, 2.24) is 19.7 Å². The van der Waals surface area contributed by atoms with Crippen molar-refractivity contribution in [1.29, 1.82) is 0 Å². The summed E-state index contributed by atoms with van der Waals surface area (Å²) in [5.41, 5.74) is 4.57. The molecule has 2 N–H and O–H groups in total. The van der Waals surface area contributed by atoms with Gasteiger partial charge in [0.25, 0.3) is 0 Å². The summed E-state index contributed by atoms with van der Waals surface area (Å²) in [5, 5.41) is 14.9. The summed E-state index contributed by atoms with van der Waals surface area (Å²) < 4.78 is 2.02. The van der Waals surface area contributed by atoms with Crippen LogP contribution in [0.1, 0.15) is 17.0 Å².